The summed E-state index contributed by atoms with van der Waals surface area (Å²) in [5, 5.41) is 13.0. The summed E-state index contributed by atoms with van der Waals surface area (Å²) in [6, 6.07) is 7.76. The van der Waals surface area contributed by atoms with E-state index in [0.717, 1.165) is 34.9 Å². The van der Waals surface area contributed by atoms with Crippen LogP contribution in [-0.4, -0.2) is 14.8 Å². The van der Waals surface area contributed by atoms with Crippen molar-refractivity contribution in [3.8, 4) is 11.4 Å². The van der Waals surface area contributed by atoms with Crippen LogP contribution in [0.5, 0.6) is 0 Å². The fourth-order valence-corrected chi connectivity index (χ4v) is 5.00. The quantitative estimate of drug-likeness (QED) is 0.471. The van der Waals surface area contributed by atoms with Crippen molar-refractivity contribution in [2.45, 2.75) is 30.7 Å². The molecule has 0 unspecified atom stereocenters. The monoisotopic (exact) mass is 397 g/mol. The van der Waals surface area contributed by atoms with E-state index < -0.39 is 0 Å². The number of aryl methyl sites for hydroxylation is 1. The summed E-state index contributed by atoms with van der Waals surface area (Å²) in [6.07, 6.45) is 2.26. The molecule has 0 aliphatic heterocycles. The molecule has 0 saturated heterocycles. The molecule has 24 heavy (non-hydrogen) atoms. The zero-order valence-corrected chi connectivity index (χ0v) is 16.6. The summed E-state index contributed by atoms with van der Waals surface area (Å²) in [5.74, 6) is 1.55. The molecule has 3 aromatic rings. The van der Waals surface area contributed by atoms with E-state index in [2.05, 4.69) is 28.6 Å². The van der Waals surface area contributed by atoms with Crippen molar-refractivity contribution in [1.29, 1.82) is 0 Å². The predicted octanol–water partition coefficient (Wildman–Crippen LogP) is 6.10. The Bertz CT molecular complexity index is 822. The highest BCUT2D eigenvalue weighted by molar-refractivity contribution is 7.98. The van der Waals surface area contributed by atoms with Gasteiger partial charge in [-0.1, -0.05) is 54.4 Å². The SMILES string of the molecule is CCCc1cc(-c2nnc(SCc3c(Cl)cccc3Cl)n2C)cs1. The van der Waals surface area contributed by atoms with Gasteiger partial charge in [-0.3, -0.25) is 0 Å². The largest absolute Gasteiger partial charge is 0.305 e. The minimum absolute atomic E-state index is 0.662. The molecule has 0 fully saturated rings. The van der Waals surface area contributed by atoms with E-state index in [9.17, 15) is 0 Å². The van der Waals surface area contributed by atoms with Gasteiger partial charge < -0.3 is 4.57 Å². The Morgan fingerprint density at radius 1 is 1.21 bits per heavy atom. The molecule has 0 amide bonds. The van der Waals surface area contributed by atoms with Crippen LogP contribution in [-0.2, 0) is 19.2 Å². The number of halogens is 2. The highest BCUT2D eigenvalue weighted by atomic mass is 35.5. The molecule has 3 rings (SSSR count). The Labute approximate surface area is 160 Å². The lowest BCUT2D eigenvalue weighted by atomic mass is 10.2. The summed E-state index contributed by atoms with van der Waals surface area (Å²) in [7, 11) is 1.99. The normalized spacial score (nSPS) is 11.2. The summed E-state index contributed by atoms with van der Waals surface area (Å²) >= 11 is 15.8. The van der Waals surface area contributed by atoms with Gasteiger partial charge in [0, 0.05) is 38.7 Å². The lowest BCUT2D eigenvalue weighted by Gasteiger charge is -2.06. The third-order valence-corrected chi connectivity index (χ3v) is 6.40. The van der Waals surface area contributed by atoms with E-state index in [1.54, 1.807) is 23.1 Å². The standard InChI is InChI=1S/C17H17Cl2N3S2/c1-3-5-12-8-11(9-23-12)16-20-21-17(22(16)2)24-10-13-14(18)6-4-7-15(13)19/h4,6-9H,3,5,10H2,1-2H3. The van der Waals surface area contributed by atoms with Crippen LogP contribution in [0.3, 0.4) is 0 Å². The molecule has 2 heterocycles. The fourth-order valence-electron chi connectivity index (χ4n) is 2.37. The number of rotatable bonds is 6. The fraction of sp³-hybridized carbons (Fsp3) is 0.294. The predicted molar refractivity (Wildman–Crippen MR) is 104 cm³/mol. The molecule has 0 saturated carbocycles. The summed E-state index contributed by atoms with van der Waals surface area (Å²) in [4.78, 5) is 1.38. The number of hydrogen-bond acceptors (Lipinski definition) is 4. The van der Waals surface area contributed by atoms with Crippen molar-refractivity contribution < 1.29 is 0 Å². The molecule has 0 spiro atoms. The molecule has 2 aromatic heterocycles. The van der Waals surface area contributed by atoms with Crippen LogP contribution < -0.4 is 0 Å². The van der Waals surface area contributed by atoms with E-state index in [1.165, 1.54) is 4.88 Å². The zero-order valence-electron chi connectivity index (χ0n) is 13.4. The van der Waals surface area contributed by atoms with Crippen LogP contribution in [0, 0.1) is 0 Å². The van der Waals surface area contributed by atoms with Crippen LogP contribution in [0.2, 0.25) is 10.0 Å². The third kappa shape index (κ3) is 3.80. The molecule has 0 radical (unpaired) electrons. The summed E-state index contributed by atoms with van der Waals surface area (Å²) in [5.41, 5.74) is 2.05. The third-order valence-electron chi connectivity index (χ3n) is 3.65. The van der Waals surface area contributed by atoms with Crippen molar-refractivity contribution in [1.82, 2.24) is 14.8 Å². The molecular formula is C17H17Cl2N3S2. The van der Waals surface area contributed by atoms with Gasteiger partial charge in [-0.25, -0.2) is 0 Å². The Kier molecular flexibility index (Phi) is 5.87. The first kappa shape index (κ1) is 17.8. The highest BCUT2D eigenvalue weighted by Crippen LogP contribution is 2.32. The maximum Gasteiger partial charge on any atom is 0.191 e. The van der Waals surface area contributed by atoms with Gasteiger partial charge in [0.15, 0.2) is 11.0 Å². The van der Waals surface area contributed by atoms with Crippen molar-refractivity contribution in [2.75, 3.05) is 0 Å². The minimum atomic E-state index is 0.662. The Balaban J connectivity index is 1.77. The molecule has 0 atom stereocenters. The maximum absolute atomic E-state index is 6.23. The number of benzene rings is 1. The van der Waals surface area contributed by atoms with Gasteiger partial charge in [-0.05, 0) is 30.2 Å². The van der Waals surface area contributed by atoms with Crippen LogP contribution in [0.1, 0.15) is 23.8 Å². The van der Waals surface area contributed by atoms with E-state index in [4.69, 9.17) is 23.2 Å². The van der Waals surface area contributed by atoms with E-state index in [-0.39, 0.29) is 0 Å². The summed E-state index contributed by atoms with van der Waals surface area (Å²) < 4.78 is 2.02. The molecule has 126 valence electrons. The molecule has 1 aromatic carbocycles. The molecule has 7 heteroatoms. The molecule has 0 aliphatic carbocycles. The molecular weight excluding hydrogens is 381 g/mol. The number of nitrogens with zero attached hydrogens (tertiary/aromatic N) is 3. The van der Waals surface area contributed by atoms with Gasteiger partial charge in [0.1, 0.15) is 0 Å². The first-order valence-corrected chi connectivity index (χ1v) is 10.2. The lowest BCUT2D eigenvalue weighted by Crippen LogP contribution is -1.95. The number of hydrogen-bond donors (Lipinski definition) is 0. The van der Waals surface area contributed by atoms with Gasteiger partial charge >= 0.3 is 0 Å². The smallest absolute Gasteiger partial charge is 0.191 e. The van der Waals surface area contributed by atoms with E-state index >= 15 is 0 Å². The van der Waals surface area contributed by atoms with E-state index in [1.807, 2.05) is 29.8 Å². The number of thioether (sulfide) groups is 1. The highest BCUT2D eigenvalue weighted by Gasteiger charge is 2.14. The average molecular weight is 398 g/mol. The van der Waals surface area contributed by atoms with Gasteiger partial charge in [0.05, 0.1) is 0 Å². The van der Waals surface area contributed by atoms with Crippen molar-refractivity contribution in [3.05, 3.63) is 50.1 Å². The van der Waals surface area contributed by atoms with E-state index in [0.29, 0.717) is 15.8 Å². The van der Waals surface area contributed by atoms with Crippen LogP contribution in [0.4, 0.5) is 0 Å². The summed E-state index contributed by atoms with van der Waals surface area (Å²) in [6.45, 7) is 2.19. The van der Waals surface area contributed by atoms with Gasteiger partial charge in [-0.15, -0.1) is 21.5 Å². The Morgan fingerprint density at radius 2 is 1.96 bits per heavy atom. The first-order valence-electron chi connectivity index (χ1n) is 7.63. The van der Waals surface area contributed by atoms with Crippen LogP contribution in [0.25, 0.3) is 11.4 Å². The van der Waals surface area contributed by atoms with Gasteiger partial charge in [0.25, 0.3) is 0 Å². The number of aromatic nitrogens is 3. The maximum atomic E-state index is 6.23. The molecule has 0 bridgehead atoms. The lowest BCUT2D eigenvalue weighted by molar-refractivity contribution is 0.794. The zero-order chi connectivity index (χ0) is 17.1. The Morgan fingerprint density at radius 3 is 2.67 bits per heavy atom. The van der Waals surface area contributed by atoms with Crippen LogP contribution >= 0.6 is 46.3 Å². The van der Waals surface area contributed by atoms with Crippen molar-refractivity contribution >= 4 is 46.3 Å². The van der Waals surface area contributed by atoms with Gasteiger partial charge in [0.2, 0.25) is 0 Å². The minimum Gasteiger partial charge on any atom is -0.305 e. The van der Waals surface area contributed by atoms with Crippen LogP contribution in [0.15, 0.2) is 34.8 Å². The molecule has 0 N–H and O–H groups in total. The van der Waals surface area contributed by atoms with Gasteiger partial charge in [-0.2, -0.15) is 0 Å². The Hall–Kier alpha value is -1.01. The molecule has 3 nitrogen and oxygen atoms in total. The topological polar surface area (TPSA) is 30.7 Å². The average Bonchev–Trinajstić information content (AvgIpc) is 3.14. The van der Waals surface area contributed by atoms with Crippen molar-refractivity contribution in [3.63, 3.8) is 0 Å². The first-order chi connectivity index (χ1) is 11.6. The second-order valence-corrected chi connectivity index (χ2v) is 8.16. The number of thiophene rings is 1. The second kappa shape index (κ2) is 7.91. The molecule has 0 aliphatic rings. The second-order valence-electron chi connectivity index (χ2n) is 5.41. The van der Waals surface area contributed by atoms with Crippen molar-refractivity contribution in [2.24, 2.45) is 7.05 Å².